The molecule has 0 spiro atoms. The second kappa shape index (κ2) is 9.23. The minimum Gasteiger partial charge on any atom is -0.507 e. The molecule has 1 unspecified atom stereocenters. The van der Waals surface area contributed by atoms with Crippen molar-refractivity contribution in [1.29, 1.82) is 0 Å². The van der Waals surface area contributed by atoms with E-state index in [0.29, 0.717) is 14.3 Å². The number of rotatable bonds is 6. The lowest BCUT2D eigenvalue weighted by Gasteiger charge is -2.28. The number of benzene rings is 3. The minimum absolute atomic E-state index is 0.0906. The summed E-state index contributed by atoms with van der Waals surface area (Å²) in [6.45, 7) is 14.8. The fourth-order valence-corrected chi connectivity index (χ4v) is 5.30. The molecule has 3 aromatic carbocycles. The van der Waals surface area contributed by atoms with Gasteiger partial charge in [-0.1, -0.05) is 77.9 Å². The third kappa shape index (κ3) is 5.05. The molecule has 3 rings (SSSR count). The van der Waals surface area contributed by atoms with Crippen molar-refractivity contribution >= 4 is 24.9 Å². The van der Waals surface area contributed by atoms with Crippen LogP contribution >= 0.6 is 8.58 Å². The van der Waals surface area contributed by atoms with Crippen molar-refractivity contribution in [3.8, 4) is 5.75 Å². The summed E-state index contributed by atoms with van der Waals surface area (Å²) in [4.78, 5) is 2.43. The molecule has 0 aliphatic carbocycles. The Morgan fingerprint density at radius 1 is 0.933 bits per heavy atom. The van der Waals surface area contributed by atoms with Gasteiger partial charge in [0.1, 0.15) is 5.75 Å². The molecule has 1 atom stereocenters. The van der Waals surface area contributed by atoms with Crippen LogP contribution in [0.5, 0.6) is 5.75 Å². The van der Waals surface area contributed by atoms with Crippen LogP contribution < -0.4 is 15.5 Å². The van der Waals surface area contributed by atoms with Crippen molar-refractivity contribution in [2.24, 2.45) is 0 Å². The Kier molecular flexibility index (Phi) is 6.88. The van der Waals surface area contributed by atoms with Crippen molar-refractivity contribution in [3.63, 3.8) is 0 Å². The SMILES string of the molecule is CCN(Cc1ccccc1)c1cccc(C)c1Pc1cc(C)cc(C(C)(C)C)c1O. The summed E-state index contributed by atoms with van der Waals surface area (Å²) in [6.07, 6.45) is 0. The fourth-order valence-electron chi connectivity index (χ4n) is 3.83. The van der Waals surface area contributed by atoms with E-state index in [1.807, 2.05) is 0 Å². The molecule has 0 saturated carbocycles. The number of phenols is 1. The summed E-state index contributed by atoms with van der Waals surface area (Å²) in [7, 11) is 0.410. The molecule has 0 aromatic heterocycles. The van der Waals surface area contributed by atoms with E-state index >= 15 is 0 Å². The lowest BCUT2D eigenvalue weighted by Crippen LogP contribution is -2.27. The molecule has 0 bridgehead atoms. The van der Waals surface area contributed by atoms with E-state index in [4.69, 9.17) is 0 Å². The predicted octanol–water partition coefficient (Wildman–Crippen LogP) is 5.96. The van der Waals surface area contributed by atoms with Gasteiger partial charge in [0.2, 0.25) is 0 Å². The molecule has 0 fully saturated rings. The van der Waals surface area contributed by atoms with Crippen LogP contribution in [0.4, 0.5) is 5.69 Å². The van der Waals surface area contributed by atoms with Gasteiger partial charge in [-0.3, -0.25) is 0 Å². The van der Waals surface area contributed by atoms with Gasteiger partial charge in [0.05, 0.1) is 0 Å². The molecule has 0 radical (unpaired) electrons. The van der Waals surface area contributed by atoms with Crippen molar-refractivity contribution in [1.82, 2.24) is 0 Å². The smallest absolute Gasteiger partial charge is 0.127 e. The minimum atomic E-state index is -0.0906. The molecule has 2 nitrogen and oxygen atoms in total. The van der Waals surface area contributed by atoms with Gasteiger partial charge in [0, 0.05) is 34.9 Å². The van der Waals surface area contributed by atoms with Crippen LogP contribution in [0.1, 0.15) is 49.9 Å². The first kappa shape index (κ1) is 22.4. The van der Waals surface area contributed by atoms with Crippen LogP contribution in [0.15, 0.2) is 60.7 Å². The first-order valence-corrected chi connectivity index (χ1v) is 11.7. The van der Waals surface area contributed by atoms with E-state index in [1.165, 1.54) is 27.7 Å². The Morgan fingerprint density at radius 2 is 1.63 bits per heavy atom. The van der Waals surface area contributed by atoms with Gasteiger partial charge in [-0.15, -0.1) is 0 Å². The number of aromatic hydroxyl groups is 1. The van der Waals surface area contributed by atoms with Gasteiger partial charge in [-0.25, -0.2) is 0 Å². The maximum absolute atomic E-state index is 11.1. The predicted molar refractivity (Wildman–Crippen MR) is 133 cm³/mol. The molecule has 0 heterocycles. The highest BCUT2D eigenvalue weighted by atomic mass is 31.1. The van der Waals surface area contributed by atoms with Gasteiger partial charge in [-0.05, 0) is 55.0 Å². The standard InChI is InChI=1S/C27H34NOP/c1-7-28(18-21-13-9-8-10-14-21)23-15-11-12-20(3)26(23)30-24-17-19(2)16-22(25(24)29)27(4,5)6/h8-17,29-30H,7,18H2,1-6H3. The molecule has 0 aliphatic heterocycles. The zero-order chi connectivity index (χ0) is 21.9. The molecule has 3 aromatic rings. The highest BCUT2D eigenvalue weighted by Gasteiger charge is 2.22. The van der Waals surface area contributed by atoms with Crippen molar-refractivity contribution < 1.29 is 5.11 Å². The van der Waals surface area contributed by atoms with Gasteiger partial charge in [0.25, 0.3) is 0 Å². The third-order valence-electron chi connectivity index (χ3n) is 5.51. The van der Waals surface area contributed by atoms with Gasteiger partial charge in [-0.2, -0.15) is 0 Å². The van der Waals surface area contributed by atoms with Crippen LogP contribution in [-0.4, -0.2) is 11.7 Å². The largest absolute Gasteiger partial charge is 0.507 e. The normalized spacial score (nSPS) is 11.9. The van der Waals surface area contributed by atoms with Gasteiger partial charge >= 0.3 is 0 Å². The maximum Gasteiger partial charge on any atom is 0.127 e. The zero-order valence-corrected chi connectivity index (χ0v) is 20.1. The molecular formula is C27H34NOP. The number of anilines is 1. The van der Waals surface area contributed by atoms with Crippen LogP contribution in [0.3, 0.4) is 0 Å². The fraction of sp³-hybridized carbons (Fsp3) is 0.333. The highest BCUT2D eigenvalue weighted by Crippen LogP contribution is 2.35. The Morgan fingerprint density at radius 3 is 2.27 bits per heavy atom. The molecular weight excluding hydrogens is 385 g/mol. The van der Waals surface area contributed by atoms with Gasteiger partial charge in [0.15, 0.2) is 0 Å². The topological polar surface area (TPSA) is 23.5 Å². The number of phenolic OH excluding ortho intramolecular Hbond substituents is 1. The number of aryl methyl sites for hydroxylation is 2. The third-order valence-corrected chi connectivity index (χ3v) is 7.06. The Bertz CT molecular complexity index is 1010. The van der Waals surface area contributed by atoms with Crippen LogP contribution in [0, 0.1) is 13.8 Å². The molecule has 30 heavy (non-hydrogen) atoms. The van der Waals surface area contributed by atoms with E-state index in [0.717, 1.165) is 24.0 Å². The number of hydrogen-bond donors (Lipinski definition) is 1. The highest BCUT2D eigenvalue weighted by molar-refractivity contribution is 7.56. The number of nitrogens with zero attached hydrogens (tertiary/aromatic N) is 1. The average Bonchev–Trinajstić information content (AvgIpc) is 2.70. The monoisotopic (exact) mass is 419 g/mol. The first-order chi connectivity index (χ1) is 14.2. The molecule has 3 heteroatoms. The van der Waals surface area contributed by atoms with Gasteiger partial charge < -0.3 is 10.0 Å². The summed E-state index contributed by atoms with van der Waals surface area (Å²) in [5.74, 6) is 0.451. The average molecular weight is 420 g/mol. The van der Waals surface area contributed by atoms with E-state index < -0.39 is 0 Å². The quantitative estimate of drug-likeness (QED) is 0.498. The van der Waals surface area contributed by atoms with E-state index in [2.05, 4.69) is 107 Å². The summed E-state index contributed by atoms with van der Waals surface area (Å²) in [6, 6.07) is 21.4. The zero-order valence-electron chi connectivity index (χ0n) is 19.1. The molecule has 0 amide bonds. The molecule has 0 saturated heterocycles. The van der Waals surface area contributed by atoms with Crippen LogP contribution in [0.2, 0.25) is 0 Å². The molecule has 1 N–H and O–H groups in total. The Labute approximate surface area is 183 Å². The summed E-state index contributed by atoms with van der Waals surface area (Å²) in [5.41, 5.74) is 5.98. The summed E-state index contributed by atoms with van der Waals surface area (Å²) in [5, 5.41) is 13.5. The molecule has 0 aliphatic rings. The Hall–Kier alpha value is -2.31. The van der Waals surface area contributed by atoms with E-state index in [9.17, 15) is 5.11 Å². The maximum atomic E-state index is 11.1. The van der Waals surface area contributed by atoms with E-state index in [1.54, 1.807) is 0 Å². The first-order valence-electron chi connectivity index (χ1n) is 10.7. The van der Waals surface area contributed by atoms with Crippen molar-refractivity contribution in [2.45, 2.75) is 53.5 Å². The summed E-state index contributed by atoms with van der Waals surface area (Å²) >= 11 is 0. The second-order valence-corrected chi connectivity index (χ2v) is 10.3. The van der Waals surface area contributed by atoms with E-state index in [-0.39, 0.29) is 5.41 Å². The van der Waals surface area contributed by atoms with Crippen LogP contribution in [0.25, 0.3) is 0 Å². The lowest BCUT2D eigenvalue weighted by atomic mass is 9.85. The second-order valence-electron chi connectivity index (χ2n) is 9.05. The number of hydrogen-bond acceptors (Lipinski definition) is 2. The van der Waals surface area contributed by atoms with Crippen molar-refractivity contribution in [2.75, 3.05) is 11.4 Å². The van der Waals surface area contributed by atoms with Crippen molar-refractivity contribution in [3.05, 3.63) is 82.9 Å². The lowest BCUT2D eigenvalue weighted by molar-refractivity contribution is 0.450. The van der Waals surface area contributed by atoms with Crippen LogP contribution in [-0.2, 0) is 12.0 Å². The Balaban J connectivity index is 2.03. The molecule has 158 valence electrons. The summed E-state index contributed by atoms with van der Waals surface area (Å²) < 4.78 is 0.